The van der Waals surface area contributed by atoms with Gasteiger partial charge in [-0.25, -0.2) is 9.59 Å². The van der Waals surface area contributed by atoms with Gasteiger partial charge in [0.2, 0.25) is 0 Å². The third kappa shape index (κ3) is 3.34. The van der Waals surface area contributed by atoms with Crippen LogP contribution in [0.15, 0.2) is 54.6 Å². The molecule has 1 aliphatic rings. The van der Waals surface area contributed by atoms with Crippen LogP contribution in [-0.2, 0) is 16.9 Å². The number of carboxylic acids is 1. The highest BCUT2D eigenvalue weighted by atomic mass is 16.5. The lowest BCUT2D eigenvalue weighted by atomic mass is 9.98. The number of alkyl carbamates (subject to hydrolysis) is 1. The molecular formula is C18H17NO4. The number of rotatable bonds is 5. The number of carbonyl (C=O) groups excluding carboxylic acids is 1. The molecule has 0 radical (unpaired) electrons. The van der Waals surface area contributed by atoms with E-state index in [-0.39, 0.29) is 12.2 Å². The van der Waals surface area contributed by atoms with Crippen molar-refractivity contribution in [1.29, 1.82) is 0 Å². The Bertz CT molecular complexity index is 723. The van der Waals surface area contributed by atoms with E-state index in [2.05, 4.69) is 5.32 Å². The van der Waals surface area contributed by atoms with Crippen molar-refractivity contribution in [3.05, 3.63) is 71.3 Å². The molecule has 2 aromatic carbocycles. The molecule has 0 heterocycles. The van der Waals surface area contributed by atoms with Crippen molar-refractivity contribution in [3.8, 4) is 0 Å². The quantitative estimate of drug-likeness (QED) is 0.888. The average Bonchev–Trinajstić information content (AvgIpc) is 3.34. The topological polar surface area (TPSA) is 75.6 Å². The van der Waals surface area contributed by atoms with Crippen LogP contribution in [0, 0.1) is 0 Å². The Labute approximate surface area is 133 Å². The van der Waals surface area contributed by atoms with Crippen LogP contribution >= 0.6 is 0 Å². The van der Waals surface area contributed by atoms with Gasteiger partial charge in [0.05, 0.1) is 11.1 Å². The summed E-state index contributed by atoms with van der Waals surface area (Å²) in [6.45, 7) is 0.184. The lowest BCUT2D eigenvalue weighted by molar-refractivity contribution is 0.0693. The predicted molar refractivity (Wildman–Crippen MR) is 84.1 cm³/mol. The fraction of sp³-hybridized carbons (Fsp3) is 0.222. The molecule has 2 N–H and O–H groups in total. The molecule has 0 aliphatic heterocycles. The molecule has 118 valence electrons. The fourth-order valence-corrected chi connectivity index (χ4v) is 2.63. The van der Waals surface area contributed by atoms with E-state index in [0.29, 0.717) is 18.4 Å². The normalized spacial score (nSPS) is 14.8. The molecule has 5 heteroatoms. The number of hydrogen-bond acceptors (Lipinski definition) is 3. The maximum Gasteiger partial charge on any atom is 0.408 e. The maximum atomic E-state index is 12.0. The lowest BCUT2D eigenvalue weighted by Gasteiger charge is -2.19. The number of carbonyl (C=O) groups is 2. The monoisotopic (exact) mass is 311 g/mol. The Balaban J connectivity index is 1.68. The first kappa shape index (κ1) is 15.1. The van der Waals surface area contributed by atoms with E-state index in [1.165, 1.54) is 0 Å². The Morgan fingerprint density at radius 1 is 1.04 bits per heavy atom. The number of ether oxygens (including phenoxy) is 1. The van der Waals surface area contributed by atoms with Gasteiger partial charge in [-0.15, -0.1) is 0 Å². The summed E-state index contributed by atoms with van der Waals surface area (Å²) in [5.74, 6) is -0.994. The molecule has 1 aliphatic carbocycles. The van der Waals surface area contributed by atoms with Crippen LogP contribution in [0.2, 0.25) is 0 Å². The van der Waals surface area contributed by atoms with Crippen molar-refractivity contribution in [1.82, 2.24) is 5.32 Å². The minimum Gasteiger partial charge on any atom is -0.478 e. The van der Waals surface area contributed by atoms with Gasteiger partial charge in [-0.3, -0.25) is 0 Å². The third-order valence-electron chi connectivity index (χ3n) is 3.98. The van der Waals surface area contributed by atoms with E-state index in [1.807, 2.05) is 30.3 Å². The molecule has 0 unspecified atom stereocenters. The van der Waals surface area contributed by atoms with Crippen LogP contribution in [0.5, 0.6) is 0 Å². The summed E-state index contributed by atoms with van der Waals surface area (Å²) in [5.41, 5.74) is 1.12. The number of nitrogens with one attached hydrogen (secondary N) is 1. The molecule has 0 spiro atoms. The zero-order chi connectivity index (χ0) is 16.3. The molecule has 0 aromatic heterocycles. The van der Waals surface area contributed by atoms with Crippen molar-refractivity contribution < 1.29 is 19.4 Å². The average molecular weight is 311 g/mol. The van der Waals surface area contributed by atoms with E-state index in [9.17, 15) is 14.7 Å². The molecule has 1 amide bonds. The molecule has 1 saturated carbocycles. The molecule has 0 bridgehead atoms. The van der Waals surface area contributed by atoms with E-state index >= 15 is 0 Å². The van der Waals surface area contributed by atoms with E-state index in [1.54, 1.807) is 24.3 Å². The summed E-state index contributed by atoms with van der Waals surface area (Å²) in [6.07, 6.45) is 0.877. The van der Waals surface area contributed by atoms with Crippen molar-refractivity contribution in [2.45, 2.75) is 25.0 Å². The van der Waals surface area contributed by atoms with Gasteiger partial charge in [0.25, 0.3) is 0 Å². The van der Waals surface area contributed by atoms with Crippen molar-refractivity contribution in [3.63, 3.8) is 0 Å². The fourth-order valence-electron chi connectivity index (χ4n) is 2.63. The summed E-state index contributed by atoms with van der Waals surface area (Å²) in [5, 5.41) is 12.1. The van der Waals surface area contributed by atoms with Gasteiger partial charge >= 0.3 is 12.1 Å². The van der Waals surface area contributed by atoms with Crippen LogP contribution in [-0.4, -0.2) is 17.2 Å². The lowest BCUT2D eigenvalue weighted by Crippen LogP contribution is -2.36. The Morgan fingerprint density at radius 3 is 2.35 bits per heavy atom. The van der Waals surface area contributed by atoms with Gasteiger partial charge in [0, 0.05) is 0 Å². The molecule has 3 rings (SSSR count). The second-order valence-electron chi connectivity index (χ2n) is 5.62. The molecule has 1 fully saturated rings. The summed E-state index contributed by atoms with van der Waals surface area (Å²) >= 11 is 0. The minimum atomic E-state index is -0.994. The molecule has 2 aromatic rings. The van der Waals surface area contributed by atoms with Gasteiger partial charge in [-0.05, 0) is 30.0 Å². The molecular weight excluding hydrogens is 294 g/mol. The van der Waals surface area contributed by atoms with Gasteiger partial charge < -0.3 is 15.2 Å². The van der Waals surface area contributed by atoms with E-state index in [0.717, 1.165) is 5.56 Å². The first-order chi connectivity index (χ1) is 11.1. The predicted octanol–water partition coefficient (Wildman–Crippen LogP) is 3.30. The molecule has 23 heavy (non-hydrogen) atoms. The Kier molecular flexibility index (Phi) is 4.02. The Hall–Kier alpha value is -2.82. The summed E-state index contributed by atoms with van der Waals surface area (Å²) in [7, 11) is 0. The van der Waals surface area contributed by atoms with Crippen LogP contribution in [0.1, 0.15) is 34.3 Å². The number of hydrogen-bond donors (Lipinski definition) is 2. The summed E-state index contributed by atoms with van der Waals surface area (Å²) in [6, 6.07) is 16.1. The molecule has 0 atom stereocenters. The maximum absolute atomic E-state index is 12.0. The SMILES string of the molecule is O=C(NC1(c2ccccc2C(=O)O)CC1)OCc1ccccc1. The summed E-state index contributed by atoms with van der Waals surface area (Å²) < 4.78 is 5.23. The second-order valence-corrected chi connectivity index (χ2v) is 5.62. The number of benzene rings is 2. The highest BCUT2D eigenvalue weighted by molar-refractivity contribution is 5.90. The number of aromatic carboxylic acids is 1. The third-order valence-corrected chi connectivity index (χ3v) is 3.98. The molecule has 5 nitrogen and oxygen atoms in total. The van der Waals surface area contributed by atoms with Gasteiger partial charge in [0.1, 0.15) is 6.61 Å². The van der Waals surface area contributed by atoms with Crippen molar-refractivity contribution in [2.75, 3.05) is 0 Å². The highest BCUT2D eigenvalue weighted by Gasteiger charge is 2.48. The smallest absolute Gasteiger partial charge is 0.408 e. The number of carboxylic acid groups (broad SMARTS) is 1. The zero-order valence-electron chi connectivity index (χ0n) is 12.5. The second kappa shape index (κ2) is 6.12. The van der Waals surface area contributed by atoms with E-state index in [4.69, 9.17) is 4.74 Å². The first-order valence-corrected chi connectivity index (χ1v) is 7.42. The summed E-state index contributed by atoms with van der Waals surface area (Å²) in [4.78, 5) is 23.4. The van der Waals surface area contributed by atoms with Gasteiger partial charge in [-0.2, -0.15) is 0 Å². The zero-order valence-corrected chi connectivity index (χ0v) is 12.5. The van der Waals surface area contributed by atoms with Gasteiger partial charge in [0.15, 0.2) is 0 Å². The van der Waals surface area contributed by atoms with Crippen LogP contribution in [0.4, 0.5) is 4.79 Å². The minimum absolute atomic E-state index is 0.184. The van der Waals surface area contributed by atoms with E-state index < -0.39 is 17.6 Å². The van der Waals surface area contributed by atoms with Crippen LogP contribution in [0.3, 0.4) is 0 Å². The van der Waals surface area contributed by atoms with Crippen LogP contribution in [0.25, 0.3) is 0 Å². The standard InChI is InChI=1S/C18H17NO4/c20-16(21)14-8-4-5-9-15(14)18(10-11-18)19-17(22)23-12-13-6-2-1-3-7-13/h1-9H,10-12H2,(H,19,22)(H,20,21). The van der Waals surface area contributed by atoms with Gasteiger partial charge in [-0.1, -0.05) is 48.5 Å². The Morgan fingerprint density at radius 2 is 1.70 bits per heavy atom. The van der Waals surface area contributed by atoms with Crippen molar-refractivity contribution >= 4 is 12.1 Å². The number of amides is 1. The van der Waals surface area contributed by atoms with Crippen molar-refractivity contribution in [2.24, 2.45) is 0 Å². The highest BCUT2D eigenvalue weighted by Crippen LogP contribution is 2.46. The largest absolute Gasteiger partial charge is 0.478 e. The van der Waals surface area contributed by atoms with Crippen LogP contribution < -0.4 is 5.32 Å². The first-order valence-electron chi connectivity index (χ1n) is 7.42. The molecule has 0 saturated heterocycles.